The van der Waals surface area contributed by atoms with Gasteiger partial charge in [-0.2, -0.15) is 5.26 Å². The van der Waals surface area contributed by atoms with Crippen LogP contribution in [0.4, 0.5) is 0 Å². The summed E-state index contributed by atoms with van der Waals surface area (Å²) in [5.74, 6) is 1.19. The summed E-state index contributed by atoms with van der Waals surface area (Å²) in [5, 5.41) is 12.4. The normalized spacial score (nSPS) is 24.9. The summed E-state index contributed by atoms with van der Waals surface area (Å²) in [5.41, 5.74) is -0.144. The summed E-state index contributed by atoms with van der Waals surface area (Å²) >= 11 is 0. The number of hydrogen-bond acceptors (Lipinski definition) is 3. The molecular weight excluding hydrogens is 264 g/mol. The first-order valence-corrected chi connectivity index (χ1v) is 7.55. The largest absolute Gasteiger partial charge is 0.494 e. The zero-order chi connectivity index (χ0) is 15.3. The number of carbonyl (C=O) groups excluding carboxylic acids is 1. The van der Waals surface area contributed by atoms with Gasteiger partial charge in [0, 0.05) is 5.56 Å². The molecule has 1 saturated carbocycles. The van der Waals surface area contributed by atoms with Crippen LogP contribution in [0, 0.1) is 17.2 Å². The van der Waals surface area contributed by atoms with Crippen LogP contribution < -0.4 is 10.1 Å². The number of nitrogens with zero attached hydrogens (tertiary/aromatic N) is 1. The Morgan fingerprint density at radius 3 is 2.52 bits per heavy atom. The summed E-state index contributed by atoms with van der Waals surface area (Å²) in [4.78, 5) is 12.3. The Balaban J connectivity index is 2.04. The number of hydrogen-bond donors (Lipinski definition) is 1. The van der Waals surface area contributed by atoms with Crippen molar-refractivity contribution >= 4 is 5.91 Å². The van der Waals surface area contributed by atoms with Gasteiger partial charge in [-0.3, -0.25) is 4.79 Å². The zero-order valence-corrected chi connectivity index (χ0v) is 12.7. The summed E-state index contributed by atoms with van der Waals surface area (Å²) in [7, 11) is 0. The van der Waals surface area contributed by atoms with E-state index in [0.717, 1.165) is 31.4 Å². The Labute approximate surface area is 126 Å². The second kappa shape index (κ2) is 6.62. The number of nitrogens with one attached hydrogen (secondary N) is 1. The highest BCUT2D eigenvalue weighted by Crippen LogP contribution is 2.31. The molecule has 21 heavy (non-hydrogen) atoms. The third kappa shape index (κ3) is 3.75. The number of rotatable bonds is 4. The fourth-order valence-electron chi connectivity index (χ4n) is 2.68. The van der Waals surface area contributed by atoms with Crippen LogP contribution in [0.25, 0.3) is 0 Å². The molecule has 1 amide bonds. The molecule has 0 heterocycles. The maximum Gasteiger partial charge on any atom is 0.252 e. The minimum atomic E-state index is -0.706. The summed E-state index contributed by atoms with van der Waals surface area (Å²) in [6, 6.07) is 9.34. The molecule has 2 rings (SSSR count). The Kier molecular flexibility index (Phi) is 4.85. The predicted molar refractivity (Wildman–Crippen MR) is 81.1 cm³/mol. The van der Waals surface area contributed by atoms with Gasteiger partial charge in [-0.05, 0) is 62.8 Å². The molecule has 1 aliphatic carbocycles. The molecule has 0 bridgehead atoms. The van der Waals surface area contributed by atoms with Gasteiger partial charge in [-0.15, -0.1) is 0 Å². The number of ether oxygens (including phenoxy) is 1. The van der Waals surface area contributed by atoms with Crippen molar-refractivity contribution in [2.45, 2.75) is 45.1 Å². The lowest BCUT2D eigenvalue weighted by Gasteiger charge is -2.34. The minimum absolute atomic E-state index is 0.186. The van der Waals surface area contributed by atoms with Gasteiger partial charge < -0.3 is 10.1 Å². The fraction of sp³-hybridized carbons (Fsp3) is 0.529. The molecule has 4 nitrogen and oxygen atoms in total. The lowest BCUT2D eigenvalue weighted by Crippen LogP contribution is -2.49. The number of nitriles is 1. The van der Waals surface area contributed by atoms with E-state index in [0.29, 0.717) is 18.1 Å². The van der Waals surface area contributed by atoms with E-state index in [1.165, 1.54) is 0 Å². The Bertz CT molecular complexity index is 523. The van der Waals surface area contributed by atoms with E-state index >= 15 is 0 Å². The highest BCUT2D eigenvalue weighted by atomic mass is 16.5. The van der Waals surface area contributed by atoms with Gasteiger partial charge in [-0.1, -0.05) is 6.92 Å². The standard InChI is InChI=1S/C17H22N2O2/c1-3-21-15-6-4-14(5-7-15)16(20)19-17(12-18)10-8-13(2)9-11-17/h4-7,13H,3,8-11H2,1-2H3,(H,19,20). The Morgan fingerprint density at radius 1 is 1.38 bits per heavy atom. The van der Waals surface area contributed by atoms with Crippen molar-refractivity contribution in [2.24, 2.45) is 5.92 Å². The molecule has 112 valence electrons. The van der Waals surface area contributed by atoms with Gasteiger partial charge in [0.05, 0.1) is 12.7 Å². The predicted octanol–water partition coefficient (Wildman–Crippen LogP) is 3.29. The van der Waals surface area contributed by atoms with Crippen molar-refractivity contribution in [3.63, 3.8) is 0 Å². The van der Waals surface area contributed by atoms with E-state index in [2.05, 4.69) is 18.3 Å². The van der Waals surface area contributed by atoms with E-state index in [4.69, 9.17) is 4.74 Å². The minimum Gasteiger partial charge on any atom is -0.494 e. The van der Waals surface area contributed by atoms with E-state index in [9.17, 15) is 10.1 Å². The van der Waals surface area contributed by atoms with Crippen LogP contribution in [0.5, 0.6) is 5.75 Å². The van der Waals surface area contributed by atoms with E-state index in [1.807, 2.05) is 6.92 Å². The number of amides is 1. The fourth-order valence-corrected chi connectivity index (χ4v) is 2.68. The van der Waals surface area contributed by atoms with Crippen LogP contribution in [-0.2, 0) is 0 Å². The average Bonchev–Trinajstić information content (AvgIpc) is 2.51. The summed E-state index contributed by atoms with van der Waals surface area (Å²) in [6.45, 7) is 4.71. The SMILES string of the molecule is CCOc1ccc(C(=O)NC2(C#N)CCC(C)CC2)cc1. The van der Waals surface area contributed by atoms with Gasteiger partial charge >= 0.3 is 0 Å². The molecule has 0 saturated heterocycles. The second-order valence-electron chi connectivity index (χ2n) is 5.79. The van der Waals surface area contributed by atoms with E-state index in [1.54, 1.807) is 24.3 Å². The van der Waals surface area contributed by atoms with Crippen molar-refractivity contribution in [3.05, 3.63) is 29.8 Å². The molecule has 0 radical (unpaired) electrons. The smallest absolute Gasteiger partial charge is 0.252 e. The Morgan fingerprint density at radius 2 is 2.00 bits per heavy atom. The summed E-state index contributed by atoms with van der Waals surface area (Å²) in [6.07, 6.45) is 3.43. The van der Waals surface area contributed by atoms with Crippen LogP contribution in [0.1, 0.15) is 49.9 Å². The molecule has 1 aromatic rings. The molecular formula is C17H22N2O2. The van der Waals surface area contributed by atoms with Gasteiger partial charge in [-0.25, -0.2) is 0 Å². The topological polar surface area (TPSA) is 62.1 Å². The molecule has 1 N–H and O–H groups in total. The maximum absolute atomic E-state index is 12.3. The lowest BCUT2D eigenvalue weighted by atomic mass is 9.78. The van der Waals surface area contributed by atoms with E-state index in [-0.39, 0.29) is 5.91 Å². The average molecular weight is 286 g/mol. The molecule has 1 fully saturated rings. The Hall–Kier alpha value is -2.02. The van der Waals surface area contributed by atoms with Crippen molar-refractivity contribution in [3.8, 4) is 11.8 Å². The second-order valence-corrected chi connectivity index (χ2v) is 5.79. The number of benzene rings is 1. The zero-order valence-electron chi connectivity index (χ0n) is 12.7. The molecule has 0 aliphatic heterocycles. The first-order valence-electron chi connectivity index (χ1n) is 7.55. The molecule has 0 spiro atoms. The highest BCUT2D eigenvalue weighted by Gasteiger charge is 2.35. The van der Waals surface area contributed by atoms with Crippen molar-refractivity contribution in [1.82, 2.24) is 5.32 Å². The van der Waals surface area contributed by atoms with Gasteiger partial charge in [0.25, 0.3) is 5.91 Å². The van der Waals surface area contributed by atoms with Gasteiger partial charge in [0.1, 0.15) is 11.3 Å². The maximum atomic E-state index is 12.3. The molecule has 1 aliphatic rings. The van der Waals surface area contributed by atoms with Gasteiger partial charge in [0.15, 0.2) is 0 Å². The van der Waals surface area contributed by atoms with Crippen molar-refractivity contribution in [2.75, 3.05) is 6.61 Å². The highest BCUT2D eigenvalue weighted by molar-refractivity contribution is 5.95. The van der Waals surface area contributed by atoms with Crippen molar-refractivity contribution in [1.29, 1.82) is 5.26 Å². The van der Waals surface area contributed by atoms with Crippen LogP contribution in [0.2, 0.25) is 0 Å². The lowest BCUT2D eigenvalue weighted by molar-refractivity contribution is 0.0894. The van der Waals surface area contributed by atoms with Crippen LogP contribution in [0.15, 0.2) is 24.3 Å². The first kappa shape index (κ1) is 15.4. The summed E-state index contributed by atoms with van der Waals surface area (Å²) < 4.78 is 5.36. The van der Waals surface area contributed by atoms with E-state index < -0.39 is 5.54 Å². The molecule has 0 aromatic heterocycles. The van der Waals surface area contributed by atoms with Crippen LogP contribution in [0.3, 0.4) is 0 Å². The van der Waals surface area contributed by atoms with Crippen LogP contribution in [-0.4, -0.2) is 18.1 Å². The monoisotopic (exact) mass is 286 g/mol. The molecule has 0 atom stereocenters. The number of carbonyl (C=O) groups is 1. The quantitative estimate of drug-likeness (QED) is 0.923. The third-order valence-electron chi connectivity index (χ3n) is 4.12. The van der Waals surface area contributed by atoms with Crippen LogP contribution >= 0.6 is 0 Å². The first-order chi connectivity index (χ1) is 10.1. The molecule has 0 unspecified atom stereocenters. The molecule has 1 aromatic carbocycles. The molecule has 4 heteroatoms. The third-order valence-corrected chi connectivity index (χ3v) is 4.12. The van der Waals surface area contributed by atoms with Gasteiger partial charge in [0.2, 0.25) is 0 Å². The van der Waals surface area contributed by atoms with Crippen molar-refractivity contribution < 1.29 is 9.53 Å².